The fourth-order valence-electron chi connectivity index (χ4n) is 1.97. The van der Waals surface area contributed by atoms with E-state index in [2.05, 4.69) is 15.9 Å². The van der Waals surface area contributed by atoms with Crippen LogP contribution in [0.15, 0.2) is 16.6 Å². The summed E-state index contributed by atoms with van der Waals surface area (Å²) < 4.78 is 33.0. The Hall–Kier alpha value is -0.520. The van der Waals surface area contributed by atoms with Crippen molar-refractivity contribution in [2.45, 2.75) is 19.6 Å². The quantitative estimate of drug-likeness (QED) is 0.779. The van der Waals surface area contributed by atoms with Crippen molar-refractivity contribution in [2.24, 2.45) is 0 Å². The Labute approximate surface area is 108 Å². The van der Waals surface area contributed by atoms with Crippen LogP contribution in [0.2, 0.25) is 0 Å². The highest BCUT2D eigenvalue weighted by Crippen LogP contribution is 2.23. The fraction of sp³-hybridized carbons (Fsp3) is 0.500. The van der Waals surface area contributed by atoms with Crippen LogP contribution in [0, 0.1) is 11.6 Å². The Morgan fingerprint density at radius 1 is 1.47 bits per heavy atom. The largest absolute Gasteiger partial charge is 0.376 e. The molecule has 1 fully saturated rings. The van der Waals surface area contributed by atoms with Crippen LogP contribution in [-0.2, 0) is 11.3 Å². The Kier molecular flexibility index (Phi) is 4.12. The standard InChI is InChI=1S/C12H14BrF2NO/c1-8-6-16(4-5-17-8)7-9-11(14)3-2-10(13)12(9)15/h2-3,8H,4-7H2,1H3. The molecule has 0 aromatic heterocycles. The predicted molar refractivity (Wildman–Crippen MR) is 64.7 cm³/mol. The second kappa shape index (κ2) is 5.42. The average molecular weight is 306 g/mol. The Bertz CT molecular complexity index is 414. The van der Waals surface area contributed by atoms with Gasteiger partial charge < -0.3 is 4.74 Å². The predicted octanol–water partition coefficient (Wildman–Crippen LogP) is 2.95. The van der Waals surface area contributed by atoms with Gasteiger partial charge in [-0.25, -0.2) is 8.78 Å². The summed E-state index contributed by atoms with van der Waals surface area (Å²) in [6, 6.07) is 2.67. The fourth-order valence-corrected chi connectivity index (χ4v) is 2.34. The van der Waals surface area contributed by atoms with E-state index in [4.69, 9.17) is 4.74 Å². The number of ether oxygens (including phenoxy) is 1. The summed E-state index contributed by atoms with van der Waals surface area (Å²) in [5, 5.41) is 0. The molecule has 1 aromatic rings. The van der Waals surface area contributed by atoms with Crippen LogP contribution >= 0.6 is 15.9 Å². The summed E-state index contributed by atoms with van der Waals surface area (Å²) in [5.74, 6) is -1.01. The summed E-state index contributed by atoms with van der Waals surface area (Å²) in [6.45, 7) is 4.25. The molecule has 5 heteroatoms. The van der Waals surface area contributed by atoms with E-state index in [-0.39, 0.29) is 18.2 Å². The molecule has 1 saturated heterocycles. The highest BCUT2D eigenvalue weighted by atomic mass is 79.9. The van der Waals surface area contributed by atoms with Gasteiger partial charge in [-0.2, -0.15) is 0 Å². The molecular weight excluding hydrogens is 292 g/mol. The molecule has 94 valence electrons. The number of nitrogens with zero attached hydrogens (tertiary/aromatic N) is 1. The smallest absolute Gasteiger partial charge is 0.144 e. The summed E-state index contributed by atoms with van der Waals surface area (Å²) >= 11 is 3.07. The van der Waals surface area contributed by atoms with Crippen molar-refractivity contribution in [3.8, 4) is 0 Å². The van der Waals surface area contributed by atoms with Gasteiger partial charge in [0.25, 0.3) is 0 Å². The summed E-state index contributed by atoms with van der Waals surface area (Å²) in [6.07, 6.45) is 0.113. The molecule has 1 aromatic carbocycles. The van der Waals surface area contributed by atoms with E-state index < -0.39 is 11.6 Å². The molecule has 0 N–H and O–H groups in total. The first-order valence-corrected chi connectivity index (χ1v) is 6.33. The second-order valence-electron chi connectivity index (χ2n) is 4.24. The van der Waals surface area contributed by atoms with Gasteiger partial charge in [0.15, 0.2) is 0 Å². The van der Waals surface area contributed by atoms with E-state index in [1.165, 1.54) is 12.1 Å². The zero-order chi connectivity index (χ0) is 12.4. The lowest BCUT2D eigenvalue weighted by molar-refractivity contribution is -0.0218. The monoisotopic (exact) mass is 305 g/mol. The van der Waals surface area contributed by atoms with Gasteiger partial charge in [0, 0.05) is 25.2 Å². The van der Waals surface area contributed by atoms with Gasteiger partial charge in [-0.3, -0.25) is 4.90 Å². The van der Waals surface area contributed by atoms with Crippen molar-refractivity contribution >= 4 is 15.9 Å². The second-order valence-corrected chi connectivity index (χ2v) is 5.09. The summed E-state index contributed by atoms with van der Waals surface area (Å²) in [4.78, 5) is 2.00. The van der Waals surface area contributed by atoms with Gasteiger partial charge in [-0.15, -0.1) is 0 Å². The minimum atomic E-state index is -0.510. The number of hydrogen-bond acceptors (Lipinski definition) is 2. The SMILES string of the molecule is CC1CN(Cc2c(F)ccc(Br)c2F)CCO1. The van der Waals surface area contributed by atoms with Gasteiger partial charge in [-0.05, 0) is 35.0 Å². The molecule has 0 saturated carbocycles. The van der Waals surface area contributed by atoms with Crippen molar-refractivity contribution in [3.05, 3.63) is 33.8 Å². The zero-order valence-corrected chi connectivity index (χ0v) is 11.1. The molecule has 2 nitrogen and oxygen atoms in total. The topological polar surface area (TPSA) is 12.5 Å². The Morgan fingerprint density at radius 3 is 2.94 bits per heavy atom. The van der Waals surface area contributed by atoms with E-state index in [1.807, 2.05) is 11.8 Å². The molecule has 2 rings (SSSR count). The zero-order valence-electron chi connectivity index (χ0n) is 9.55. The molecular formula is C12H14BrF2NO. The van der Waals surface area contributed by atoms with Crippen LogP contribution in [0.1, 0.15) is 12.5 Å². The first-order valence-electron chi connectivity index (χ1n) is 5.54. The van der Waals surface area contributed by atoms with Crippen LogP contribution in [0.4, 0.5) is 8.78 Å². The molecule has 0 radical (unpaired) electrons. The van der Waals surface area contributed by atoms with Gasteiger partial charge in [-0.1, -0.05) is 0 Å². The third kappa shape index (κ3) is 3.03. The molecule has 17 heavy (non-hydrogen) atoms. The third-order valence-electron chi connectivity index (χ3n) is 2.85. The summed E-state index contributed by atoms with van der Waals surface area (Å²) in [5.41, 5.74) is 0.119. The highest BCUT2D eigenvalue weighted by molar-refractivity contribution is 9.10. The minimum absolute atomic E-state index is 0.113. The van der Waals surface area contributed by atoms with E-state index in [0.29, 0.717) is 24.2 Å². The Morgan fingerprint density at radius 2 is 2.24 bits per heavy atom. The van der Waals surface area contributed by atoms with Crippen LogP contribution in [0.5, 0.6) is 0 Å². The lowest BCUT2D eigenvalue weighted by Crippen LogP contribution is -2.40. The lowest BCUT2D eigenvalue weighted by atomic mass is 10.1. The Balaban J connectivity index is 2.15. The van der Waals surface area contributed by atoms with Crippen LogP contribution < -0.4 is 0 Å². The molecule has 0 amide bonds. The minimum Gasteiger partial charge on any atom is -0.376 e. The highest BCUT2D eigenvalue weighted by Gasteiger charge is 2.20. The van der Waals surface area contributed by atoms with Crippen molar-refractivity contribution in [1.82, 2.24) is 4.90 Å². The van der Waals surface area contributed by atoms with E-state index >= 15 is 0 Å². The van der Waals surface area contributed by atoms with E-state index in [1.54, 1.807) is 0 Å². The summed E-state index contributed by atoms with van der Waals surface area (Å²) in [7, 11) is 0. The van der Waals surface area contributed by atoms with Crippen molar-refractivity contribution in [3.63, 3.8) is 0 Å². The molecule has 1 heterocycles. The van der Waals surface area contributed by atoms with E-state index in [0.717, 1.165) is 0 Å². The molecule has 1 aliphatic heterocycles. The van der Waals surface area contributed by atoms with Gasteiger partial charge in [0.05, 0.1) is 17.2 Å². The number of rotatable bonds is 2. The number of hydrogen-bond donors (Lipinski definition) is 0. The molecule has 1 atom stereocenters. The third-order valence-corrected chi connectivity index (χ3v) is 3.46. The van der Waals surface area contributed by atoms with E-state index in [9.17, 15) is 8.78 Å². The molecule has 0 aliphatic carbocycles. The molecule has 1 unspecified atom stereocenters. The number of benzene rings is 1. The van der Waals surface area contributed by atoms with Crippen LogP contribution in [-0.4, -0.2) is 30.7 Å². The number of halogens is 3. The maximum Gasteiger partial charge on any atom is 0.144 e. The molecule has 1 aliphatic rings. The van der Waals surface area contributed by atoms with Crippen LogP contribution in [0.3, 0.4) is 0 Å². The first kappa shape index (κ1) is 12.9. The average Bonchev–Trinajstić information content (AvgIpc) is 2.30. The van der Waals surface area contributed by atoms with Gasteiger partial charge in [0.2, 0.25) is 0 Å². The van der Waals surface area contributed by atoms with Crippen LogP contribution in [0.25, 0.3) is 0 Å². The number of morpholine rings is 1. The maximum atomic E-state index is 13.8. The molecule has 0 bridgehead atoms. The molecule has 0 spiro atoms. The van der Waals surface area contributed by atoms with Crippen molar-refractivity contribution in [2.75, 3.05) is 19.7 Å². The maximum absolute atomic E-state index is 13.8. The van der Waals surface area contributed by atoms with Crippen molar-refractivity contribution < 1.29 is 13.5 Å². The van der Waals surface area contributed by atoms with Gasteiger partial charge in [0.1, 0.15) is 11.6 Å². The lowest BCUT2D eigenvalue weighted by Gasteiger charge is -2.31. The normalized spacial score (nSPS) is 21.8. The van der Waals surface area contributed by atoms with Gasteiger partial charge >= 0.3 is 0 Å². The first-order chi connectivity index (χ1) is 8.08. The van der Waals surface area contributed by atoms with Crippen molar-refractivity contribution in [1.29, 1.82) is 0 Å².